The van der Waals surface area contributed by atoms with E-state index in [9.17, 15) is 0 Å². The lowest BCUT2D eigenvalue weighted by Crippen LogP contribution is -1.84. The van der Waals surface area contributed by atoms with Crippen LogP contribution in [0, 0.1) is 0 Å². The van der Waals surface area contributed by atoms with Crippen LogP contribution in [0.2, 0.25) is 0 Å². The molecule has 0 aliphatic heterocycles. The number of fused-ring (bicyclic) bond motifs is 1. The van der Waals surface area contributed by atoms with Gasteiger partial charge in [-0.2, -0.15) is 0 Å². The summed E-state index contributed by atoms with van der Waals surface area (Å²) < 4.78 is 1.18. The van der Waals surface area contributed by atoms with E-state index in [-0.39, 0.29) is 0 Å². The fraction of sp³-hybridized carbons (Fsp3) is 0.273. The van der Waals surface area contributed by atoms with Gasteiger partial charge in [-0.1, -0.05) is 35.8 Å². The molecule has 0 atom stereocenters. The molecule has 0 fully saturated rings. The molecule has 2 rings (SSSR count). The molecule has 2 aromatic rings. The van der Waals surface area contributed by atoms with Crippen molar-refractivity contribution in [2.24, 2.45) is 0 Å². The Kier molecular flexibility index (Phi) is 2.16. The summed E-state index contributed by atoms with van der Waals surface area (Å²) in [6, 6.07) is 6.24. The molecule has 0 saturated heterocycles. The molecule has 1 nitrogen and oxygen atoms in total. The zero-order valence-electron chi connectivity index (χ0n) is 7.76. The zero-order valence-corrected chi connectivity index (χ0v) is 9.35. The number of halogens is 1. The predicted octanol–water partition coefficient (Wildman–Crippen LogP) is 4.05. The molecule has 68 valence electrons. The van der Waals surface area contributed by atoms with Crippen LogP contribution >= 0.6 is 15.9 Å². The van der Waals surface area contributed by atoms with Crippen LogP contribution in [0.25, 0.3) is 10.9 Å². The van der Waals surface area contributed by atoms with Gasteiger partial charge < -0.3 is 4.98 Å². The van der Waals surface area contributed by atoms with Crippen LogP contribution in [0.1, 0.15) is 25.3 Å². The summed E-state index contributed by atoms with van der Waals surface area (Å²) in [5.74, 6) is 0.562. The molecular weight excluding hydrogens is 226 g/mol. The minimum absolute atomic E-state index is 0.562. The molecule has 2 heteroatoms. The predicted molar refractivity (Wildman–Crippen MR) is 60.1 cm³/mol. The quantitative estimate of drug-likeness (QED) is 0.771. The van der Waals surface area contributed by atoms with E-state index in [0.29, 0.717) is 5.92 Å². The van der Waals surface area contributed by atoms with Crippen molar-refractivity contribution in [3.05, 3.63) is 34.4 Å². The molecular formula is C11H12BrN. The lowest BCUT2D eigenvalue weighted by Gasteiger charge is -2.03. The van der Waals surface area contributed by atoms with Gasteiger partial charge in [0.25, 0.3) is 0 Å². The van der Waals surface area contributed by atoms with Gasteiger partial charge in [-0.15, -0.1) is 0 Å². The Morgan fingerprint density at radius 1 is 1.31 bits per heavy atom. The lowest BCUT2D eigenvalue weighted by atomic mass is 10.0. The standard InChI is InChI=1S/C11H12BrN/c1-7(2)8-6-13-10-5-3-4-9(12)11(8)10/h3-7,13H,1-2H3. The first-order valence-corrected chi connectivity index (χ1v) is 5.25. The molecule has 1 aromatic carbocycles. The van der Waals surface area contributed by atoms with Crippen molar-refractivity contribution in [1.29, 1.82) is 0 Å². The van der Waals surface area contributed by atoms with Crippen molar-refractivity contribution in [1.82, 2.24) is 4.98 Å². The van der Waals surface area contributed by atoms with Gasteiger partial charge in [0.15, 0.2) is 0 Å². The number of aromatic amines is 1. The van der Waals surface area contributed by atoms with Crippen molar-refractivity contribution in [3.63, 3.8) is 0 Å². The normalized spacial score (nSPS) is 11.4. The van der Waals surface area contributed by atoms with E-state index in [4.69, 9.17) is 0 Å². The molecule has 1 aromatic heterocycles. The molecule has 0 aliphatic rings. The van der Waals surface area contributed by atoms with Crippen LogP contribution in [0.3, 0.4) is 0 Å². The first kappa shape index (κ1) is 8.82. The van der Waals surface area contributed by atoms with E-state index in [2.05, 4.69) is 53.1 Å². The molecule has 0 saturated carbocycles. The Balaban J connectivity index is 2.79. The second-order valence-corrected chi connectivity index (χ2v) is 4.42. The first-order valence-electron chi connectivity index (χ1n) is 4.45. The van der Waals surface area contributed by atoms with Crippen LogP contribution < -0.4 is 0 Å². The number of nitrogens with one attached hydrogen (secondary N) is 1. The van der Waals surface area contributed by atoms with Gasteiger partial charge in [0.05, 0.1) is 0 Å². The third-order valence-corrected chi connectivity index (χ3v) is 2.97. The summed E-state index contributed by atoms with van der Waals surface area (Å²) >= 11 is 3.58. The Labute approximate surface area is 86.3 Å². The third-order valence-electron chi connectivity index (χ3n) is 2.31. The summed E-state index contributed by atoms with van der Waals surface area (Å²) in [6.45, 7) is 4.42. The van der Waals surface area contributed by atoms with Gasteiger partial charge in [-0.25, -0.2) is 0 Å². The molecule has 1 N–H and O–H groups in total. The van der Waals surface area contributed by atoms with E-state index in [1.807, 2.05) is 6.07 Å². The second kappa shape index (κ2) is 3.18. The SMILES string of the molecule is CC(C)c1c[nH]c2cccc(Br)c12. The summed E-state index contributed by atoms with van der Waals surface area (Å²) in [4.78, 5) is 3.28. The Morgan fingerprint density at radius 3 is 2.77 bits per heavy atom. The molecule has 0 radical (unpaired) electrons. The average Bonchev–Trinajstić information content (AvgIpc) is 2.49. The maximum absolute atomic E-state index is 3.58. The lowest BCUT2D eigenvalue weighted by molar-refractivity contribution is 0.875. The van der Waals surface area contributed by atoms with E-state index in [0.717, 1.165) is 0 Å². The Morgan fingerprint density at radius 2 is 2.08 bits per heavy atom. The van der Waals surface area contributed by atoms with Crippen molar-refractivity contribution >= 4 is 26.8 Å². The number of aromatic nitrogens is 1. The molecule has 0 spiro atoms. The summed E-state index contributed by atoms with van der Waals surface area (Å²) in [5, 5.41) is 1.32. The number of rotatable bonds is 1. The van der Waals surface area contributed by atoms with Gasteiger partial charge in [0.2, 0.25) is 0 Å². The van der Waals surface area contributed by atoms with Crippen LogP contribution in [0.4, 0.5) is 0 Å². The van der Waals surface area contributed by atoms with Gasteiger partial charge in [-0.3, -0.25) is 0 Å². The third kappa shape index (κ3) is 1.39. The van der Waals surface area contributed by atoms with Crippen molar-refractivity contribution in [2.45, 2.75) is 19.8 Å². The average molecular weight is 238 g/mol. The minimum Gasteiger partial charge on any atom is -0.361 e. The molecule has 0 amide bonds. The topological polar surface area (TPSA) is 15.8 Å². The highest BCUT2D eigenvalue weighted by Gasteiger charge is 2.08. The van der Waals surface area contributed by atoms with E-state index < -0.39 is 0 Å². The first-order chi connectivity index (χ1) is 6.20. The van der Waals surface area contributed by atoms with Crippen LogP contribution in [0.5, 0.6) is 0 Å². The monoisotopic (exact) mass is 237 g/mol. The van der Waals surface area contributed by atoms with Gasteiger partial charge >= 0.3 is 0 Å². The highest BCUT2D eigenvalue weighted by atomic mass is 79.9. The molecule has 13 heavy (non-hydrogen) atoms. The largest absolute Gasteiger partial charge is 0.361 e. The summed E-state index contributed by atoms with van der Waals surface area (Å²) in [7, 11) is 0. The Hall–Kier alpha value is -0.760. The molecule has 0 unspecified atom stereocenters. The fourth-order valence-corrected chi connectivity index (χ4v) is 2.22. The Bertz CT molecular complexity index is 429. The fourth-order valence-electron chi connectivity index (χ4n) is 1.62. The van der Waals surface area contributed by atoms with Crippen LogP contribution in [-0.2, 0) is 0 Å². The summed E-state index contributed by atoms with van der Waals surface area (Å²) in [6.07, 6.45) is 2.10. The minimum atomic E-state index is 0.562. The van der Waals surface area contributed by atoms with E-state index >= 15 is 0 Å². The maximum atomic E-state index is 3.58. The van der Waals surface area contributed by atoms with Crippen LogP contribution in [-0.4, -0.2) is 4.98 Å². The smallest absolute Gasteiger partial charge is 0.0468 e. The number of H-pyrrole nitrogens is 1. The molecule has 0 bridgehead atoms. The summed E-state index contributed by atoms with van der Waals surface area (Å²) in [5.41, 5.74) is 2.58. The highest BCUT2D eigenvalue weighted by molar-refractivity contribution is 9.10. The maximum Gasteiger partial charge on any atom is 0.0468 e. The van der Waals surface area contributed by atoms with Crippen molar-refractivity contribution in [2.75, 3.05) is 0 Å². The van der Waals surface area contributed by atoms with Crippen LogP contribution in [0.15, 0.2) is 28.9 Å². The van der Waals surface area contributed by atoms with Gasteiger partial charge in [0, 0.05) is 21.6 Å². The number of hydrogen-bond donors (Lipinski definition) is 1. The molecule has 1 heterocycles. The van der Waals surface area contributed by atoms with Crippen molar-refractivity contribution < 1.29 is 0 Å². The second-order valence-electron chi connectivity index (χ2n) is 3.56. The van der Waals surface area contributed by atoms with E-state index in [1.165, 1.54) is 20.9 Å². The van der Waals surface area contributed by atoms with Crippen molar-refractivity contribution in [3.8, 4) is 0 Å². The van der Waals surface area contributed by atoms with Gasteiger partial charge in [-0.05, 0) is 23.6 Å². The number of hydrogen-bond acceptors (Lipinski definition) is 0. The molecule has 0 aliphatic carbocycles. The zero-order chi connectivity index (χ0) is 9.42. The van der Waals surface area contributed by atoms with Gasteiger partial charge in [0.1, 0.15) is 0 Å². The highest BCUT2D eigenvalue weighted by Crippen LogP contribution is 2.30. The number of benzene rings is 1. The van der Waals surface area contributed by atoms with E-state index in [1.54, 1.807) is 0 Å².